The normalized spacial score (nSPS) is 15.9. The SMILES string of the molecule is COc1cccc(C(=O)Cn2cnc3c(C#N)c(N4CCNCC4)n(CCC4CC4)c3c2=O)c1. The number of nitrogens with one attached hydrogen (secondary N) is 1. The summed E-state index contributed by atoms with van der Waals surface area (Å²) in [4.78, 5) is 33.3. The zero-order valence-corrected chi connectivity index (χ0v) is 19.3. The first-order chi connectivity index (χ1) is 16.6. The number of benzene rings is 1. The average molecular weight is 461 g/mol. The summed E-state index contributed by atoms with van der Waals surface area (Å²) >= 11 is 0. The molecule has 1 saturated carbocycles. The Morgan fingerprint density at radius 1 is 1.29 bits per heavy atom. The molecule has 1 saturated heterocycles. The lowest BCUT2D eigenvalue weighted by Crippen LogP contribution is -2.44. The van der Waals surface area contributed by atoms with Gasteiger partial charge in [-0.3, -0.25) is 14.2 Å². The van der Waals surface area contributed by atoms with Crippen molar-refractivity contribution in [2.75, 3.05) is 38.2 Å². The van der Waals surface area contributed by atoms with E-state index in [-0.39, 0.29) is 17.9 Å². The first-order valence-electron chi connectivity index (χ1n) is 11.8. The number of ketones is 1. The van der Waals surface area contributed by atoms with Crippen LogP contribution in [0.3, 0.4) is 0 Å². The summed E-state index contributed by atoms with van der Waals surface area (Å²) in [7, 11) is 1.55. The van der Waals surface area contributed by atoms with Crippen molar-refractivity contribution < 1.29 is 9.53 Å². The van der Waals surface area contributed by atoms with E-state index >= 15 is 0 Å². The molecule has 2 aliphatic rings. The highest BCUT2D eigenvalue weighted by Crippen LogP contribution is 2.36. The van der Waals surface area contributed by atoms with E-state index in [0.717, 1.165) is 38.4 Å². The van der Waals surface area contributed by atoms with E-state index in [9.17, 15) is 14.9 Å². The summed E-state index contributed by atoms with van der Waals surface area (Å²) in [6.07, 6.45) is 4.77. The van der Waals surface area contributed by atoms with E-state index in [1.807, 2.05) is 4.57 Å². The number of hydrogen-bond donors (Lipinski definition) is 1. The predicted octanol–water partition coefficient (Wildman–Crippen LogP) is 2.17. The van der Waals surface area contributed by atoms with Gasteiger partial charge in [0.1, 0.15) is 34.2 Å². The molecule has 2 aromatic heterocycles. The lowest BCUT2D eigenvalue weighted by molar-refractivity contribution is 0.0970. The predicted molar refractivity (Wildman–Crippen MR) is 128 cm³/mol. The molecule has 0 spiro atoms. The van der Waals surface area contributed by atoms with E-state index in [2.05, 4.69) is 21.3 Å². The summed E-state index contributed by atoms with van der Waals surface area (Å²) in [5.74, 6) is 1.83. The molecule has 1 aromatic carbocycles. The van der Waals surface area contributed by atoms with Gasteiger partial charge in [0.25, 0.3) is 5.56 Å². The van der Waals surface area contributed by atoms with E-state index in [1.54, 1.807) is 31.4 Å². The lowest BCUT2D eigenvalue weighted by atomic mass is 10.1. The monoisotopic (exact) mass is 460 g/mol. The second kappa shape index (κ2) is 9.31. The van der Waals surface area contributed by atoms with Gasteiger partial charge in [0, 0.05) is 38.3 Å². The van der Waals surface area contributed by atoms with Crippen molar-refractivity contribution in [1.29, 1.82) is 5.26 Å². The molecule has 3 heterocycles. The van der Waals surface area contributed by atoms with Crippen LogP contribution in [0, 0.1) is 17.2 Å². The third kappa shape index (κ3) is 4.17. The standard InChI is InChI=1S/C25H28N6O3/c1-34-19-4-2-3-18(13-19)21(32)15-30-16-28-22-20(14-26)24(29-11-8-27-9-12-29)31(23(22)25(30)33)10-7-17-5-6-17/h2-4,13,16-17,27H,5-12,15H2,1H3. The highest BCUT2D eigenvalue weighted by molar-refractivity contribution is 5.96. The van der Waals surface area contributed by atoms with Gasteiger partial charge in [0.2, 0.25) is 0 Å². The van der Waals surface area contributed by atoms with Gasteiger partial charge < -0.3 is 19.5 Å². The molecule has 0 unspecified atom stereocenters. The number of carbonyl (C=O) groups excluding carboxylic acids is 1. The van der Waals surface area contributed by atoms with Gasteiger partial charge in [-0.1, -0.05) is 25.0 Å². The zero-order valence-electron chi connectivity index (χ0n) is 19.3. The lowest BCUT2D eigenvalue weighted by Gasteiger charge is -2.30. The molecule has 9 nitrogen and oxygen atoms in total. The van der Waals surface area contributed by atoms with Gasteiger partial charge in [-0.25, -0.2) is 4.98 Å². The second-order valence-corrected chi connectivity index (χ2v) is 8.96. The van der Waals surface area contributed by atoms with Gasteiger partial charge in [-0.2, -0.15) is 5.26 Å². The van der Waals surface area contributed by atoms with E-state index < -0.39 is 0 Å². The largest absolute Gasteiger partial charge is 0.497 e. The summed E-state index contributed by atoms with van der Waals surface area (Å²) in [6, 6.07) is 9.19. The smallest absolute Gasteiger partial charge is 0.278 e. The number of hydrogen-bond acceptors (Lipinski definition) is 7. The number of nitriles is 1. The molecule has 1 aliphatic carbocycles. The molecule has 0 atom stereocenters. The molecule has 176 valence electrons. The molecule has 1 N–H and O–H groups in total. The minimum Gasteiger partial charge on any atom is -0.497 e. The number of rotatable bonds is 8. The van der Waals surface area contributed by atoms with E-state index in [1.165, 1.54) is 23.7 Å². The summed E-state index contributed by atoms with van der Waals surface area (Å²) in [5, 5.41) is 13.4. The number of aryl methyl sites for hydroxylation is 1. The molecule has 5 rings (SSSR count). The Kier molecular flexibility index (Phi) is 6.07. The topological polar surface area (TPSA) is 105 Å². The number of nitrogens with zero attached hydrogens (tertiary/aromatic N) is 5. The van der Waals surface area contributed by atoms with Crippen molar-refractivity contribution >= 4 is 22.6 Å². The fraction of sp³-hybridized carbons (Fsp3) is 0.440. The van der Waals surface area contributed by atoms with Gasteiger partial charge in [0.05, 0.1) is 20.0 Å². The highest BCUT2D eigenvalue weighted by Gasteiger charge is 2.29. The molecule has 3 aromatic rings. The first-order valence-corrected chi connectivity index (χ1v) is 11.8. The van der Waals surface area contributed by atoms with Crippen LogP contribution >= 0.6 is 0 Å². The summed E-state index contributed by atoms with van der Waals surface area (Å²) < 4.78 is 8.55. The van der Waals surface area contributed by atoms with Crippen molar-refractivity contribution in [3.8, 4) is 11.8 Å². The minimum atomic E-state index is -0.296. The fourth-order valence-electron chi connectivity index (χ4n) is 4.65. The molecule has 1 aliphatic heterocycles. The molecule has 0 bridgehead atoms. The molecule has 0 radical (unpaired) electrons. The Hall–Kier alpha value is -3.64. The maximum Gasteiger partial charge on any atom is 0.278 e. The number of fused-ring (bicyclic) bond motifs is 1. The Morgan fingerprint density at radius 3 is 2.79 bits per heavy atom. The fourth-order valence-corrected chi connectivity index (χ4v) is 4.65. The van der Waals surface area contributed by atoms with Crippen molar-refractivity contribution in [2.45, 2.75) is 32.4 Å². The molecular formula is C25H28N6O3. The Morgan fingerprint density at radius 2 is 2.09 bits per heavy atom. The average Bonchev–Trinajstić information content (AvgIpc) is 3.65. The Bertz CT molecular complexity index is 1320. The number of aromatic nitrogens is 3. The number of piperazine rings is 1. The number of methoxy groups -OCH3 is 1. The second-order valence-electron chi connectivity index (χ2n) is 8.96. The van der Waals surface area contributed by atoms with Crippen molar-refractivity contribution in [1.82, 2.24) is 19.4 Å². The van der Waals surface area contributed by atoms with Crippen LogP contribution in [0.15, 0.2) is 35.4 Å². The van der Waals surface area contributed by atoms with Crippen LogP contribution in [0.2, 0.25) is 0 Å². The van der Waals surface area contributed by atoms with Crippen LogP contribution in [0.25, 0.3) is 11.0 Å². The highest BCUT2D eigenvalue weighted by atomic mass is 16.5. The van der Waals surface area contributed by atoms with Crippen molar-refractivity contribution in [3.05, 3.63) is 52.1 Å². The van der Waals surface area contributed by atoms with Crippen LogP contribution in [0.4, 0.5) is 5.82 Å². The van der Waals surface area contributed by atoms with Gasteiger partial charge in [-0.15, -0.1) is 0 Å². The molecule has 2 fully saturated rings. The van der Waals surface area contributed by atoms with Gasteiger partial charge in [0.15, 0.2) is 5.78 Å². The Balaban J connectivity index is 1.58. The van der Waals surface area contributed by atoms with Crippen molar-refractivity contribution in [3.63, 3.8) is 0 Å². The zero-order chi connectivity index (χ0) is 23.7. The first kappa shape index (κ1) is 22.2. The molecule has 0 amide bonds. The molecule has 34 heavy (non-hydrogen) atoms. The van der Waals surface area contributed by atoms with Crippen LogP contribution in [-0.2, 0) is 13.1 Å². The maximum atomic E-state index is 13.6. The van der Waals surface area contributed by atoms with Crippen LogP contribution in [-0.4, -0.2) is 53.2 Å². The maximum absolute atomic E-state index is 13.6. The quantitative estimate of drug-likeness (QED) is 0.514. The third-order valence-corrected chi connectivity index (χ3v) is 6.69. The van der Waals surface area contributed by atoms with Gasteiger partial charge in [-0.05, 0) is 24.5 Å². The summed E-state index contributed by atoms with van der Waals surface area (Å²) in [6.45, 7) is 3.69. The molecule has 9 heteroatoms. The van der Waals surface area contributed by atoms with Crippen LogP contribution in [0.5, 0.6) is 5.75 Å². The van der Waals surface area contributed by atoms with E-state index in [4.69, 9.17) is 4.74 Å². The van der Waals surface area contributed by atoms with E-state index in [0.29, 0.717) is 40.4 Å². The Labute approximate surface area is 197 Å². The van der Waals surface area contributed by atoms with Gasteiger partial charge >= 0.3 is 0 Å². The summed E-state index contributed by atoms with van der Waals surface area (Å²) in [5.41, 5.74) is 1.44. The number of anilines is 1. The number of carbonyl (C=O) groups is 1. The third-order valence-electron chi connectivity index (χ3n) is 6.69. The van der Waals surface area contributed by atoms with Crippen LogP contribution < -0.4 is 20.5 Å². The minimum absolute atomic E-state index is 0.131. The number of Topliss-reactive ketones (excluding diaryl/α,β-unsaturated/α-hetero) is 1. The van der Waals surface area contributed by atoms with Crippen LogP contribution in [0.1, 0.15) is 35.2 Å². The molecular weight excluding hydrogens is 432 g/mol. The number of ether oxygens (including phenoxy) is 1. The van der Waals surface area contributed by atoms with Crippen molar-refractivity contribution in [2.24, 2.45) is 5.92 Å².